The molecule has 2 aliphatic rings. The molecule has 0 radical (unpaired) electrons. The average Bonchev–Trinajstić information content (AvgIpc) is 2.90. The van der Waals surface area contributed by atoms with Crippen LogP contribution in [-0.4, -0.2) is 35.5 Å². The topological polar surface area (TPSA) is 90.5 Å². The van der Waals surface area contributed by atoms with Gasteiger partial charge in [0, 0.05) is 19.1 Å². The summed E-state index contributed by atoms with van der Waals surface area (Å²) in [6, 6.07) is 7.11. The standard InChI is InChI=1S/C20H28N4O3/c1-14-7-5-3-4-6-12-24(14)19(27)21-13-15-8-10-16(11-9-15)20(2)17(25)22-18(26)23-20/h8-11,14H,3-7,12-13H2,1-2H3,(H,21,27)(H2,22,23,25,26). The number of nitrogens with one attached hydrogen (secondary N) is 3. The number of hydrogen-bond acceptors (Lipinski definition) is 3. The maximum atomic E-state index is 12.6. The monoisotopic (exact) mass is 372 g/mol. The van der Waals surface area contributed by atoms with Crippen molar-refractivity contribution in [1.29, 1.82) is 0 Å². The summed E-state index contributed by atoms with van der Waals surface area (Å²) >= 11 is 0. The van der Waals surface area contributed by atoms with Gasteiger partial charge in [-0.05, 0) is 37.8 Å². The second-order valence-corrected chi connectivity index (χ2v) is 7.63. The van der Waals surface area contributed by atoms with Crippen molar-refractivity contribution in [2.45, 2.75) is 64.1 Å². The lowest BCUT2D eigenvalue weighted by Gasteiger charge is -2.31. The van der Waals surface area contributed by atoms with Crippen LogP contribution in [0.4, 0.5) is 9.59 Å². The van der Waals surface area contributed by atoms with Gasteiger partial charge in [-0.3, -0.25) is 10.1 Å². The quantitative estimate of drug-likeness (QED) is 0.713. The van der Waals surface area contributed by atoms with Crippen LogP contribution in [0.1, 0.15) is 57.1 Å². The third kappa shape index (κ3) is 4.23. The first-order chi connectivity index (χ1) is 12.9. The molecule has 2 aliphatic heterocycles. The molecule has 2 unspecified atom stereocenters. The Kier molecular flexibility index (Phi) is 5.68. The minimum atomic E-state index is -1.06. The van der Waals surface area contributed by atoms with Gasteiger partial charge in [0.2, 0.25) is 0 Å². The number of rotatable bonds is 3. The number of nitrogens with zero attached hydrogens (tertiary/aromatic N) is 1. The second-order valence-electron chi connectivity index (χ2n) is 7.63. The molecule has 5 amide bonds. The van der Waals surface area contributed by atoms with Crippen LogP contribution in [0.15, 0.2) is 24.3 Å². The minimum absolute atomic E-state index is 0.0251. The molecule has 0 saturated carbocycles. The van der Waals surface area contributed by atoms with Crippen LogP contribution in [0.3, 0.4) is 0 Å². The number of urea groups is 2. The predicted octanol–water partition coefficient (Wildman–Crippen LogP) is 2.61. The predicted molar refractivity (Wildman–Crippen MR) is 102 cm³/mol. The highest BCUT2D eigenvalue weighted by Crippen LogP contribution is 2.24. The molecule has 7 nitrogen and oxygen atoms in total. The summed E-state index contributed by atoms with van der Waals surface area (Å²) < 4.78 is 0. The van der Waals surface area contributed by atoms with Crippen molar-refractivity contribution >= 4 is 18.0 Å². The van der Waals surface area contributed by atoms with Crippen LogP contribution in [-0.2, 0) is 16.9 Å². The molecule has 0 aromatic heterocycles. The molecular formula is C20H28N4O3. The van der Waals surface area contributed by atoms with Crippen LogP contribution in [0.5, 0.6) is 0 Å². The van der Waals surface area contributed by atoms with Gasteiger partial charge in [0.1, 0.15) is 5.54 Å². The Balaban J connectivity index is 1.59. The summed E-state index contributed by atoms with van der Waals surface area (Å²) in [5, 5.41) is 7.91. The largest absolute Gasteiger partial charge is 0.334 e. The molecule has 27 heavy (non-hydrogen) atoms. The number of benzene rings is 1. The van der Waals surface area contributed by atoms with Gasteiger partial charge in [-0.15, -0.1) is 0 Å². The van der Waals surface area contributed by atoms with Crippen LogP contribution >= 0.6 is 0 Å². The molecule has 3 N–H and O–H groups in total. The van der Waals surface area contributed by atoms with E-state index < -0.39 is 11.6 Å². The lowest BCUT2D eigenvalue weighted by molar-refractivity contribution is -0.123. The van der Waals surface area contributed by atoms with Crippen molar-refractivity contribution in [2.75, 3.05) is 6.54 Å². The van der Waals surface area contributed by atoms with Gasteiger partial charge in [-0.25, -0.2) is 9.59 Å². The van der Waals surface area contributed by atoms with E-state index >= 15 is 0 Å². The van der Waals surface area contributed by atoms with E-state index in [0.717, 1.165) is 24.9 Å². The van der Waals surface area contributed by atoms with Gasteiger partial charge in [0.25, 0.3) is 5.91 Å². The molecule has 0 bridgehead atoms. The fourth-order valence-electron chi connectivity index (χ4n) is 3.73. The number of imide groups is 1. The van der Waals surface area contributed by atoms with Gasteiger partial charge >= 0.3 is 12.1 Å². The Morgan fingerprint density at radius 3 is 2.56 bits per heavy atom. The van der Waals surface area contributed by atoms with Crippen LogP contribution in [0.25, 0.3) is 0 Å². The van der Waals surface area contributed by atoms with Gasteiger partial charge in [-0.2, -0.15) is 0 Å². The maximum absolute atomic E-state index is 12.6. The summed E-state index contributed by atoms with van der Waals surface area (Å²) in [5.41, 5.74) is 0.595. The van der Waals surface area contributed by atoms with Crippen LogP contribution in [0.2, 0.25) is 0 Å². The smallest absolute Gasteiger partial charge is 0.322 e. The second kappa shape index (κ2) is 7.98. The summed E-state index contributed by atoms with van der Waals surface area (Å²) in [4.78, 5) is 37.9. The molecule has 3 rings (SSSR count). The molecule has 1 aromatic rings. The summed E-state index contributed by atoms with van der Waals surface area (Å²) in [5.74, 6) is -0.361. The Bertz CT molecular complexity index is 718. The van der Waals surface area contributed by atoms with Crippen molar-refractivity contribution < 1.29 is 14.4 Å². The summed E-state index contributed by atoms with van der Waals surface area (Å²) in [6.07, 6.45) is 5.72. The number of carbonyl (C=O) groups excluding carboxylic acids is 3. The highest BCUT2D eigenvalue weighted by atomic mass is 16.2. The normalized spacial score (nSPS) is 26.0. The average molecular weight is 372 g/mol. The van der Waals surface area contributed by atoms with E-state index in [0.29, 0.717) is 12.1 Å². The fraction of sp³-hybridized carbons (Fsp3) is 0.550. The van der Waals surface area contributed by atoms with E-state index in [9.17, 15) is 14.4 Å². The molecule has 2 fully saturated rings. The molecule has 2 atom stereocenters. The molecule has 1 aromatic carbocycles. The number of hydrogen-bond donors (Lipinski definition) is 3. The Morgan fingerprint density at radius 2 is 1.89 bits per heavy atom. The van der Waals surface area contributed by atoms with Gasteiger partial charge < -0.3 is 15.5 Å². The van der Waals surface area contributed by atoms with E-state index in [1.54, 1.807) is 6.92 Å². The van der Waals surface area contributed by atoms with E-state index in [1.165, 1.54) is 19.3 Å². The summed E-state index contributed by atoms with van der Waals surface area (Å²) in [7, 11) is 0. The molecule has 2 heterocycles. The Hall–Kier alpha value is -2.57. The molecule has 0 spiro atoms. The summed E-state index contributed by atoms with van der Waals surface area (Å²) in [6.45, 7) is 5.02. The molecular weight excluding hydrogens is 344 g/mol. The first-order valence-corrected chi connectivity index (χ1v) is 9.67. The number of carbonyl (C=O) groups is 3. The highest BCUT2D eigenvalue weighted by molar-refractivity contribution is 6.07. The van der Waals surface area contributed by atoms with Crippen molar-refractivity contribution in [3.05, 3.63) is 35.4 Å². The number of likely N-dealkylation sites (tertiary alicyclic amines) is 1. The Morgan fingerprint density at radius 1 is 1.19 bits per heavy atom. The van der Waals surface area contributed by atoms with Crippen molar-refractivity contribution in [2.24, 2.45) is 0 Å². The molecule has 7 heteroatoms. The van der Waals surface area contributed by atoms with Crippen molar-refractivity contribution in [1.82, 2.24) is 20.9 Å². The third-order valence-electron chi connectivity index (χ3n) is 5.58. The first-order valence-electron chi connectivity index (χ1n) is 9.67. The molecule has 146 valence electrons. The van der Waals surface area contributed by atoms with Crippen LogP contribution < -0.4 is 16.0 Å². The zero-order valence-corrected chi connectivity index (χ0v) is 16.0. The minimum Gasteiger partial charge on any atom is -0.334 e. The molecule has 0 aliphatic carbocycles. The van der Waals surface area contributed by atoms with E-state index in [4.69, 9.17) is 0 Å². The zero-order chi connectivity index (χ0) is 19.4. The van der Waals surface area contributed by atoms with Crippen LogP contribution in [0, 0.1) is 0 Å². The number of amides is 5. The fourth-order valence-corrected chi connectivity index (χ4v) is 3.73. The first kappa shape index (κ1) is 19.2. The maximum Gasteiger partial charge on any atom is 0.322 e. The highest BCUT2D eigenvalue weighted by Gasteiger charge is 2.43. The lowest BCUT2D eigenvalue weighted by atomic mass is 9.91. The SMILES string of the molecule is CC1CCCCCCN1C(=O)NCc1ccc(C2(C)NC(=O)NC2=O)cc1. The Labute approximate surface area is 159 Å². The lowest BCUT2D eigenvalue weighted by Crippen LogP contribution is -2.45. The van der Waals surface area contributed by atoms with Crippen molar-refractivity contribution in [3.8, 4) is 0 Å². The van der Waals surface area contributed by atoms with Gasteiger partial charge in [-0.1, -0.05) is 43.5 Å². The third-order valence-corrected chi connectivity index (χ3v) is 5.58. The van der Waals surface area contributed by atoms with E-state index in [1.807, 2.05) is 29.2 Å². The van der Waals surface area contributed by atoms with E-state index in [-0.39, 0.29) is 18.0 Å². The zero-order valence-electron chi connectivity index (χ0n) is 16.0. The van der Waals surface area contributed by atoms with Gasteiger partial charge in [0.15, 0.2) is 0 Å². The van der Waals surface area contributed by atoms with Crippen molar-refractivity contribution in [3.63, 3.8) is 0 Å². The molecule has 2 saturated heterocycles. The van der Waals surface area contributed by atoms with E-state index in [2.05, 4.69) is 22.9 Å². The van der Waals surface area contributed by atoms with Gasteiger partial charge in [0.05, 0.1) is 0 Å².